The van der Waals surface area contributed by atoms with Gasteiger partial charge in [0, 0.05) is 24.3 Å². The van der Waals surface area contributed by atoms with Crippen LogP contribution in [0.15, 0.2) is 29.2 Å². The van der Waals surface area contributed by atoms with Crippen LogP contribution in [0.1, 0.15) is 18.0 Å². The predicted molar refractivity (Wildman–Crippen MR) is 80.1 cm³/mol. The van der Waals surface area contributed by atoms with E-state index >= 15 is 0 Å². The van der Waals surface area contributed by atoms with Gasteiger partial charge in [-0.25, -0.2) is 0 Å². The number of hydrogen-bond acceptors (Lipinski definition) is 3. The van der Waals surface area contributed by atoms with Gasteiger partial charge in [0.15, 0.2) is 5.11 Å². The number of methoxy groups -OCH3 is 1. The molecule has 1 aromatic rings. The third kappa shape index (κ3) is 3.60. The van der Waals surface area contributed by atoms with E-state index in [4.69, 9.17) is 17.0 Å². The quantitative estimate of drug-likeness (QED) is 0.654. The molecule has 0 fully saturated rings. The lowest BCUT2D eigenvalue weighted by Gasteiger charge is -2.27. The molecule has 0 saturated heterocycles. The van der Waals surface area contributed by atoms with Crippen LogP contribution in [0.3, 0.4) is 0 Å². The van der Waals surface area contributed by atoms with Crippen molar-refractivity contribution >= 4 is 29.1 Å². The molecule has 98 valence electrons. The maximum absolute atomic E-state index is 5.29. The van der Waals surface area contributed by atoms with Gasteiger partial charge in [-0.05, 0) is 30.3 Å². The van der Waals surface area contributed by atoms with Crippen LogP contribution in [0.2, 0.25) is 0 Å². The molecule has 1 aromatic carbocycles. The van der Waals surface area contributed by atoms with E-state index in [9.17, 15) is 0 Å². The standard InChI is InChI=1S/C13H18N2OS2/c1-16-8-7-14-13(17)15-11-6-9-18-12-5-3-2-4-10(11)12/h2-5,11H,6-9H2,1H3,(H2,14,15,17)/t11-/m0/s1. The maximum Gasteiger partial charge on any atom is 0.166 e. The van der Waals surface area contributed by atoms with Gasteiger partial charge in [0.25, 0.3) is 0 Å². The van der Waals surface area contributed by atoms with Crippen LogP contribution >= 0.6 is 24.0 Å². The van der Waals surface area contributed by atoms with E-state index in [0.717, 1.165) is 18.7 Å². The Balaban J connectivity index is 1.92. The first-order chi connectivity index (χ1) is 8.81. The molecule has 1 aliphatic rings. The third-order valence-corrected chi connectivity index (χ3v) is 4.24. The van der Waals surface area contributed by atoms with Gasteiger partial charge in [0.1, 0.15) is 0 Å². The molecule has 3 nitrogen and oxygen atoms in total. The minimum Gasteiger partial charge on any atom is -0.383 e. The van der Waals surface area contributed by atoms with Crippen molar-refractivity contribution in [1.29, 1.82) is 0 Å². The number of fused-ring (bicyclic) bond motifs is 1. The molecule has 0 unspecified atom stereocenters. The average Bonchev–Trinajstić information content (AvgIpc) is 2.39. The van der Waals surface area contributed by atoms with Gasteiger partial charge >= 0.3 is 0 Å². The van der Waals surface area contributed by atoms with E-state index in [0.29, 0.717) is 17.8 Å². The highest BCUT2D eigenvalue weighted by Crippen LogP contribution is 2.35. The molecule has 0 saturated carbocycles. The zero-order valence-corrected chi connectivity index (χ0v) is 12.1. The Morgan fingerprint density at radius 3 is 3.17 bits per heavy atom. The van der Waals surface area contributed by atoms with Crippen LogP contribution in [0.5, 0.6) is 0 Å². The molecule has 18 heavy (non-hydrogen) atoms. The molecule has 1 aliphatic heterocycles. The summed E-state index contributed by atoms with van der Waals surface area (Å²) < 4.78 is 4.99. The molecule has 2 N–H and O–H groups in total. The van der Waals surface area contributed by atoms with E-state index in [2.05, 4.69) is 34.9 Å². The smallest absolute Gasteiger partial charge is 0.166 e. The van der Waals surface area contributed by atoms with Crippen molar-refractivity contribution in [2.75, 3.05) is 26.0 Å². The lowest BCUT2D eigenvalue weighted by Crippen LogP contribution is -2.40. The molecule has 0 radical (unpaired) electrons. The van der Waals surface area contributed by atoms with Crippen molar-refractivity contribution in [2.24, 2.45) is 0 Å². The molecular formula is C13H18N2OS2. The summed E-state index contributed by atoms with van der Waals surface area (Å²) in [5.74, 6) is 1.13. The van der Waals surface area contributed by atoms with Crippen molar-refractivity contribution in [3.63, 3.8) is 0 Å². The monoisotopic (exact) mass is 282 g/mol. The summed E-state index contributed by atoms with van der Waals surface area (Å²) in [5, 5.41) is 7.24. The van der Waals surface area contributed by atoms with E-state index in [1.807, 2.05) is 11.8 Å². The van der Waals surface area contributed by atoms with Gasteiger partial charge in [0.2, 0.25) is 0 Å². The molecule has 5 heteroatoms. The summed E-state index contributed by atoms with van der Waals surface area (Å²) in [6, 6.07) is 8.85. The van der Waals surface area contributed by atoms with Gasteiger partial charge in [-0.1, -0.05) is 18.2 Å². The summed E-state index contributed by atoms with van der Waals surface area (Å²) >= 11 is 7.21. The first-order valence-electron chi connectivity index (χ1n) is 6.06. The summed E-state index contributed by atoms with van der Waals surface area (Å²) in [6.45, 7) is 1.41. The molecular weight excluding hydrogens is 264 g/mol. The second-order valence-electron chi connectivity index (χ2n) is 4.12. The lowest BCUT2D eigenvalue weighted by atomic mass is 10.0. The predicted octanol–water partition coefficient (Wildman–Crippen LogP) is 2.33. The zero-order valence-electron chi connectivity index (χ0n) is 10.4. The molecule has 1 atom stereocenters. The number of benzene rings is 1. The second kappa shape index (κ2) is 6.97. The number of thioether (sulfide) groups is 1. The summed E-state index contributed by atoms with van der Waals surface area (Å²) in [4.78, 5) is 1.36. The van der Waals surface area contributed by atoms with E-state index < -0.39 is 0 Å². The number of nitrogens with one attached hydrogen (secondary N) is 2. The molecule has 0 spiro atoms. The number of thiocarbonyl (C=S) groups is 1. The van der Waals surface area contributed by atoms with Crippen molar-refractivity contribution in [1.82, 2.24) is 10.6 Å². The van der Waals surface area contributed by atoms with Crippen LogP contribution in [0.4, 0.5) is 0 Å². The van der Waals surface area contributed by atoms with Crippen LogP contribution in [-0.4, -0.2) is 31.1 Å². The molecule has 0 aliphatic carbocycles. The molecule has 2 rings (SSSR count). The first-order valence-corrected chi connectivity index (χ1v) is 7.45. The van der Waals surface area contributed by atoms with Crippen molar-refractivity contribution < 1.29 is 4.74 Å². The van der Waals surface area contributed by atoms with Crippen LogP contribution in [-0.2, 0) is 4.74 Å². The Morgan fingerprint density at radius 1 is 1.50 bits per heavy atom. The number of ether oxygens (including phenoxy) is 1. The fourth-order valence-electron chi connectivity index (χ4n) is 1.97. The van der Waals surface area contributed by atoms with Gasteiger partial charge in [-0.15, -0.1) is 11.8 Å². The number of rotatable bonds is 4. The topological polar surface area (TPSA) is 33.3 Å². The van der Waals surface area contributed by atoms with E-state index in [1.54, 1.807) is 7.11 Å². The minimum absolute atomic E-state index is 0.324. The SMILES string of the molecule is COCCNC(=S)N[C@H]1CCSc2ccccc21. The van der Waals surface area contributed by atoms with Gasteiger partial charge in [-0.2, -0.15) is 0 Å². The molecule has 0 aromatic heterocycles. The van der Waals surface area contributed by atoms with Crippen LogP contribution < -0.4 is 10.6 Å². The molecule has 0 bridgehead atoms. The Labute approximate surface area is 118 Å². The Morgan fingerprint density at radius 2 is 2.33 bits per heavy atom. The van der Waals surface area contributed by atoms with Gasteiger partial charge in [-0.3, -0.25) is 0 Å². The normalized spacial score (nSPS) is 17.9. The Kier molecular flexibility index (Phi) is 5.28. The van der Waals surface area contributed by atoms with Crippen LogP contribution in [0, 0.1) is 0 Å². The summed E-state index contributed by atoms with van der Waals surface area (Å²) in [5.41, 5.74) is 1.35. The lowest BCUT2D eigenvalue weighted by molar-refractivity contribution is 0.204. The Hall–Kier alpha value is -0.780. The van der Waals surface area contributed by atoms with Gasteiger partial charge in [0.05, 0.1) is 12.6 Å². The largest absolute Gasteiger partial charge is 0.383 e. The zero-order chi connectivity index (χ0) is 12.8. The minimum atomic E-state index is 0.324. The van der Waals surface area contributed by atoms with Crippen LogP contribution in [0.25, 0.3) is 0 Å². The highest BCUT2D eigenvalue weighted by atomic mass is 32.2. The number of hydrogen-bond donors (Lipinski definition) is 2. The van der Waals surface area contributed by atoms with Crippen molar-refractivity contribution in [2.45, 2.75) is 17.4 Å². The molecule has 0 amide bonds. The third-order valence-electron chi connectivity index (χ3n) is 2.86. The maximum atomic E-state index is 5.29. The first kappa shape index (κ1) is 13.6. The van der Waals surface area contributed by atoms with Crippen molar-refractivity contribution in [3.05, 3.63) is 29.8 Å². The Bertz CT molecular complexity index is 412. The van der Waals surface area contributed by atoms with Crippen molar-refractivity contribution in [3.8, 4) is 0 Å². The fourth-order valence-corrected chi connectivity index (χ4v) is 3.34. The van der Waals surface area contributed by atoms with E-state index in [1.165, 1.54) is 10.5 Å². The van der Waals surface area contributed by atoms with Gasteiger partial charge < -0.3 is 15.4 Å². The molecule has 1 heterocycles. The highest BCUT2D eigenvalue weighted by Gasteiger charge is 2.20. The van der Waals surface area contributed by atoms with E-state index in [-0.39, 0.29) is 0 Å². The average molecular weight is 282 g/mol. The summed E-state index contributed by atoms with van der Waals surface area (Å²) in [6.07, 6.45) is 1.10. The fraction of sp³-hybridized carbons (Fsp3) is 0.462. The summed E-state index contributed by atoms with van der Waals surface area (Å²) in [7, 11) is 1.69. The highest BCUT2D eigenvalue weighted by molar-refractivity contribution is 7.99. The second-order valence-corrected chi connectivity index (χ2v) is 5.67.